The molecule has 1 aromatic carbocycles. The van der Waals surface area contributed by atoms with Crippen LogP contribution in [0.3, 0.4) is 0 Å². The second kappa shape index (κ2) is 6.26. The fourth-order valence-corrected chi connectivity index (χ4v) is 4.29. The molecule has 1 aromatic heterocycles. The van der Waals surface area contributed by atoms with Crippen molar-refractivity contribution in [1.29, 1.82) is 0 Å². The van der Waals surface area contributed by atoms with Crippen LogP contribution in [0.15, 0.2) is 41.6 Å². The van der Waals surface area contributed by atoms with E-state index in [9.17, 15) is 0 Å². The largest absolute Gasteiger partial charge is 0.497 e. The number of nitrogens with zero attached hydrogens (tertiary/aromatic N) is 1. The van der Waals surface area contributed by atoms with Crippen molar-refractivity contribution in [3.63, 3.8) is 0 Å². The number of methoxy groups -OCH3 is 1. The minimum atomic E-state index is 0.276. The summed E-state index contributed by atoms with van der Waals surface area (Å²) in [6.07, 6.45) is 2.79. The van der Waals surface area contributed by atoms with E-state index < -0.39 is 0 Å². The van der Waals surface area contributed by atoms with Gasteiger partial charge in [-0.1, -0.05) is 29.4 Å². The number of hydrogen-bond donors (Lipinski definition) is 1. The molecule has 3 nitrogen and oxygen atoms in total. The van der Waals surface area contributed by atoms with Gasteiger partial charge in [0.1, 0.15) is 10.8 Å². The van der Waals surface area contributed by atoms with Crippen molar-refractivity contribution in [2.75, 3.05) is 14.2 Å². The SMILES string of the molecule is CNC1c2cc(OC)ccc2CC1Sc1ncccc1Cl. The maximum Gasteiger partial charge on any atom is 0.119 e. The van der Waals surface area contributed by atoms with E-state index in [1.165, 1.54) is 11.1 Å². The second-order valence-electron chi connectivity index (χ2n) is 4.98. The van der Waals surface area contributed by atoms with E-state index in [2.05, 4.69) is 22.4 Å². The minimum Gasteiger partial charge on any atom is -0.497 e. The first-order valence-electron chi connectivity index (χ1n) is 6.84. The lowest BCUT2D eigenvalue weighted by Crippen LogP contribution is -2.23. The maximum atomic E-state index is 6.23. The van der Waals surface area contributed by atoms with Crippen LogP contribution in [0, 0.1) is 0 Å². The summed E-state index contributed by atoms with van der Waals surface area (Å²) in [6.45, 7) is 0. The Bertz CT molecular complexity index is 650. The smallest absolute Gasteiger partial charge is 0.119 e. The van der Waals surface area contributed by atoms with Crippen LogP contribution in [0.4, 0.5) is 0 Å². The van der Waals surface area contributed by atoms with Gasteiger partial charge >= 0.3 is 0 Å². The molecular formula is C16H17ClN2OS. The van der Waals surface area contributed by atoms with Crippen molar-refractivity contribution >= 4 is 23.4 Å². The van der Waals surface area contributed by atoms with E-state index >= 15 is 0 Å². The first-order valence-corrected chi connectivity index (χ1v) is 8.10. The molecule has 0 radical (unpaired) electrons. The summed E-state index contributed by atoms with van der Waals surface area (Å²) >= 11 is 7.96. The normalized spacial score (nSPS) is 20.3. The molecule has 0 spiro atoms. The Kier molecular flexibility index (Phi) is 4.38. The molecule has 2 unspecified atom stereocenters. The third-order valence-corrected chi connectivity index (χ3v) is 5.49. The summed E-state index contributed by atoms with van der Waals surface area (Å²) in [7, 11) is 3.69. The van der Waals surface area contributed by atoms with E-state index in [0.29, 0.717) is 10.3 Å². The summed E-state index contributed by atoms with van der Waals surface area (Å²) in [5.41, 5.74) is 2.67. The predicted molar refractivity (Wildman–Crippen MR) is 87.4 cm³/mol. The van der Waals surface area contributed by atoms with Crippen molar-refractivity contribution in [1.82, 2.24) is 10.3 Å². The number of aromatic nitrogens is 1. The van der Waals surface area contributed by atoms with Gasteiger partial charge in [0.05, 0.1) is 12.1 Å². The lowest BCUT2D eigenvalue weighted by Gasteiger charge is -2.19. The molecule has 0 bridgehead atoms. The first-order chi connectivity index (χ1) is 10.2. The summed E-state index contributed by atoms with van der Waals surface area (Å²) in [5.74, 6) is 0.899. The Morgan fingerprint density at radius 1 is 1.38 bits per heavy atom. The second-order valence-corrected chi connectivity index (χ2v) is 6.62. The average molecular weight is 321 g/mol. The zero-order valence-corrected chi connectivity index (χ0v) is 13.5. The van der Waals surface area contributed by atoms with Gasteiger partial charge in [-0.15, -0.1) is 0 Å². The Balaban J connectivity index is 1.87. The number of rotatable bonds is 4. The number of fused-ring (bicyclic) bond motifs is 1. The van der Waals surface area contributed by atoms with Gasteiger partial charge in [0.2, 0.25) is 0 Å². The zero-order valence-electron chi connectivity index (χ0n) is 12.0. The maximum absolute atomic E-state index is 6.23. The van der Waals surface area contributed by atoms with Gasteiger partial charge < -0.3 is 10.1 Å². The molecule has 5 heteroatoms. The first kappa shape index (κ1) is 14.7. The van der Waals surface area contributed by atoms with Crippen LogP contribution in [0.1, 0.15) is 17.2 Å². The number of thioether (sulfide) groups is 1. The molecule has 1 heterocycles. The number of nitrogens with one attached hydrogen (secondary N) is 1. The monoisotopic (exact) mass is 320 g/mol. The van der Waals surface area contributed by atoms with Crippen LogP contribution in [0.2, 0.25) is 5.02 Å². The molecule has 2 atom stereocenters. The summed E-state index contributed by atoms with van der Waals surface area (Å²) in [6, 6.07) is 10.3. The van der Waals surface area contributed by atoms with Crippen molar-refractivity contribution in [2.45, 2.75) is 22.7 Å². The van der Waals surface area contributed by atoms with Crippen LogP contribution in [0.5, 0.6) is 5.75 Å². The van der Waals surface area contributed by atoms with Crippen molar-refractivity contribution in [3.05, 3.63) is 52.7 Å². The van der Waals surface area contributed by atoms with Crippen molar-refractivity contribution in [2.24, 2.45) is 0 Å². The number of pyridine rings is 1. The number of hydrogen-bond acceptors (Lipinski definition) is 4. The third kappa shape index (κ3) is 2.89. The average Bonchev–Trinajstić information content (AvgIpc) is 2.85. The highest BCUT2D eigenvalue weighted by Crippen LogP contribution is 2.43. The molecule has 21 heavy (non-hydrogen) atoms. The van der Waals surface area contributed by atoms with E-state index in [4.69, 9.17) is 16.3 Å². The molecule has 2 aromatic rings. The summed E-state index contributed by atoms with van der Waals surface area (Å²) < 4.78 is 5.34. The molecule has 0 aliphatic heterocycles. The highest BCUT2D eigenvalue weighted by atomic mass is 35.5. The number of ether oxygens (including phenoxy) is 1. The molecule has 3 rings (SSSR count). The van der Waals surface area contributed by atoms with E-state index in [0.717, 1.165) is 17.2 Å². The van der Waals surface area contributed by atoms with E-state index in [1.54, 1.807) is 25.1 Å². The van der Waals surface area contributed by atoms with Gasteiger partial charge in [-0.2, -0.15) is 0 Å². The quantitative estimate of drug-likeness (QED) is 0.931. The molecular weight excluding hydrogens is 304 g/mol. The van der Waals surface area contributed by atoms with Crippen LogP contribution >= 0.6 is 23.4 Å². The summed E-state index contributed by atoms with van der Waals surface area (Å²) in [5, 5.41) is 5.40. The zero-order chi connectivity index (χ0) is 14.8. The third-order valence-electron chi connectivity index (χ3n) is 3.78. The highest BCUT2D eigenvalue weighted by Gasteiger charge is 2.33. The van der Waals surface area contributed by atoms with Gasteiger partial charge in [-0.05, 0) is 48.9 Å². The fourth-order valence-electron chi connectivity index (χ4n) is 2.76. The number of halogens is 1. The van der Waals surface area contributed by atoms with Gasteiger partial charge in [0.25, 0.3) is 0 Å². The summed E-state index contributed by atoms with van der Waals surface area (Å²) in [4.78, 5) is 4.39. The Hall–Kier alpha value is -1.23. The molecule has 0 saturated heterocycles. The van der Waals surface area contributed by atoms with Gasteiger partial charge in [-0.3, -0.25) is 0 Å². The lowest BCUT2D eigenvalue weighted by atomic mass is 10.1. The Morgan fingerprint density at radius 3 is 2.95 bits per heavy atom. The van der Waals surface area contributed by atoms with Crippen LogP contribution in [0.25, 0.3) is 0 Å². The Morgan fingerprint density at radius 2 is 2.24 bits per heavy atom. The van der Waals surface area contributed by atoms with E-state index in [-0.39, 0.29) is 6.04 Å². The lowest BCUT2D eigenvalue weighted by molar-refractivity contribution is 0.413. The fraction of sp³-hybridized carbons (Fsp3) is 0.312. The van der Waals surface area contributed by atoms with Gasteiger partial charge in [0, 0.05) is 17.5 Å². The Labute approximate surface area is 134 Å². The van der Waals surface area contributed by atoms with Crippen LogP contribution in [-0.4, -0.2) is 24.4 Å². The molecule has 0 amide bonds. The minimum absolute atomic E-state index is 0.276. The van der Waals surface area contributed by atoms with Gasteiger partial charge in [-0.25, -0.2) is 4.98 Å². The van der Waals surface area contributed by atoms with Crippen LogP contribution < -0.4 is 10.1 Å². The predicted octanol–water partition coefficient (Wildman–Crippen LogP) is 3.72. The van der Waals surface area contributed by atoms with Gasteiger partial charge in [0.15, 0.2) is 0 Å². The molecule has 0 fully saturated rings. The van der Waals surface area contributed by atoms with Crippen molar-refractivity contribution < 1.29 is 4.74 Å². The van der Waals surface area contributed by atoms with Crippen LogP contribution in [-0.2, 0) is 6.42 Å². The molecule has 1 N–H and O–H groups in total. The molecule has 110 valence electrons. The molecule has 1 aliphatic carbocycles. The van der Waals surface area contributed by atoms with E-state index in [1.807, 2.05) is 25.2 Å². The standard InChI is InChI=1S/C16H17ClN2OS/c1-18-15-12-9-11(20-2)6-5-10(12)8-14(15)21-16-13(17)4-3-7-19-16/h3-7,9,14-15,18H,8H2,1-2H3. The van der Waals surface area contributed by atoms with Crippen molar-refractivity contribution in [3.8, 4) is 5.75 Å². The topological polar surface area (TPSA) is 34.1 Å². The highest BCUT2D eigenvalue weighted by molar-refractivity contribution is 8.00. The number of benzene rings is 1. The molecule has 0 saturated carbocycles. The molecule has 1 aliphatic rings.